The Morgan fingerprint density at radius 2 is 1.08 bits per heavy atom. The van der Waals surface area contributed by atoms with Crippen molar-refractivity contribution in [2.24, 2.45) is 0 Å². The molecule has 0 aromatic heterocycles. The Morgan fingerprint density at radius 1 is 0.680 bits per heavy atom. The molecule has 4 heteroatoms. The Kier molecular flexibility index (Phi) is 7.02. The molecule has 0 heterocycles. The summed E-state index contributed by atoms with van der Waals surface area (Å²) < 4.78 is 19.0. The van der Waals surface area contributed by atoms with Gasteiger partial charge in [-0.3, -0.25) is 0 Å². The summed E-state index contributed by atoms with van der Waals surface area (Å²) in [6, 6.07) is 3.91. The lowest BCUT2D eigenvalue weighted by atomic mass is 10.1. The van der Waals surface area contributed by atoms with Crippen LogP contribution in [0.25, 0.3) is 0 Å². The van der Waals surface area contributed by atoms with E-state index in [1.54, 1.807) is 0 Å². The van der Waals surface area contributed by atoms with Crippen molar-refractivity contribution in [3.8, 4) is 17.2 Å². The fourth-order valence-corrected chi connectivity index (χ4v) is 2.14. The fraction of sp³-hybridized carbons (Fsp3) is 0.714. The number of benzene rings is 1. The van der Waals surface area contributed by atoms with Crippen LogP contribution in [0.2, 0.25) is 0 Å². The van der Waals surface area contributed by atoms with Gasteiger partial charge in [-0.25, -0.2) is 0 Å². The zero-order chi connectivity index (χ0) is 19.5. The van der Waals surface area contributed by atoms with Gasteiger partial charge in [0.25, 0.3) is 0 Å². The molecule has 0 amide bonds. The highest BCUT2D eigenvalue weighted by atomic mass is 28.1. The van der Waals surface area contributed by atoms with E-state index in [1.165, 1.54) is 0 Å². The van der Waals surface area contributed by atoms with E-state index in [9.17, 15) is 0 Å². The van der Waals surface area contributed by atoms with E-state index in [-0.39, 0.29) is 16.8 Å². The van der Waals surface area contributed by atoms with Crippen molar-refractivity contribution in [1.82, 2.24) is 0 Å². The summed E-state index contributed by atoms with van der Waals surface area (Å²) in [7, 11) is 3.69. The molecular weight excluding hydrogens is 328 g/mol. The van der Waals surface area contributed by atoms with Crippen molar-refractivity contribution in [2.45, 2.75) is 98.4 Å². The number of hydrogen-bond acceptors (Lipinski definition) is 3. The Morgan fingerprint density at radius 3 is 1.52 bits per heavy atom. The van der Waals surface area contributed by atoms with Gasteiger partial charge in [-0.2, -0.15) is 0 Å². The van der Waals surface area contributed by atoms with Crippen LogP contribution in [0, 0.1) is 0 Å². The number of rotatable bonds is 9. The van der Waals surface area contributed by atoms with Crippen molar-refractivity contribution >= 4 is 15.4 Å². The molecule has 0 aliphatic carbocycles. The summed E-state index contributed by atoms with van der Waals surface area (Å²) in [5.74, 6) is 2.09. The standard InChI is InChI=1S/C21H35O3Si/c1-10-19(4,5)22-15-13-14-16(25)18(24-21(8,9)12-3)17(15)23-20(6,7)11-2/h13-14H,10-12H2,1-9H3. The molecular formula is C21H35O3Si. The minimum atomic E-state index is -0.317. The highest BCUT2D eigenvalue weighted by molar-refractivity contribution is 6.34. The largest absolute Gasteiger partial charge is 0.484 e. The van der Waals surface area contributed by atoms with Crippen molar-refractivity contribution in [3.63, 3.8) is 0 Å². The highest BCUT2D eigenvalue weighted by Gasteiger charge is 2.29. The van der Waals surface area contributed by atoms with E-state index in [1.807, 2.05) is 12.1 Å². The molecule has 0 bridgehead atoms. The lowest BCUT2D eigenvalue weighted by Gasteiger charge is -2.33. The minimum absolute atomic E-state index is 0.279. The highest BCUT2D eigenvalue weighted by Crippen LogP contribution is 2.42. The summed E-state index contributed by atoms with van der Waals surface area (Å²) in [4.78, 5) is 0. The molecule has 0 N–H and O–H groups in total. The molecule has 0 saturated heterocycles. The van der Waals surface area contributed by atoms with Crippen molar-refractivity contribution in [1.29, 1.82) is 0 Å². The molecule has 0 spiro atoms. The molecule has 1 rings (SSSR count). The average molecular weight is 364 g/mol. The van der Waals surface area contributed by atoms with Crippen LogP contribution in [0.3, 0.4) is 0 Å². The molecule has 0 aliphatic heterocycles. The molecule has 0 aliphatic rings. The lowest BCUT2D eigenvalue weighted by Crippen LogP contribution is -2.33. The SMILES string of the molecule is CCC(C)(C)Oc1ccc([Si])c(OC(C)(C)CC)c1OC(C)(C)CC. The van der Waals surface area contributed by atoms with E-state index in [4.69, 9.17) is 14.2 Å². The number of ether oxygens (including phenoxy) is 3. The molecule has 0 unspecified atom stereocenters. The summed E-state index contributed by atoms with van der Waals surface area (Å²) in [5.41, 5.74) is -0.892. The van der Waals surface area contributed by atoms with E-state index in [0.717, 1.165) is 30.2 Å². The maximum absolute atomic E-state index is 6.39. The molecule has 25 heavy (non-hydrogen) atoms. The van der Waals surface area contributed by atoms with Crippen LogP contribution in [0.1, 0.15) is 81.6 Å². The van der Waals surface area contributed by atoms with Crippen LogP contribution in [-0.4, -0.2) is 27.0 Å². The quantitative estimate of drug-likeness (QED) is 0.566. The average Bonchev–Trinajstić information content (AvgIpc) is 2.53. The Bertz CT molecular complexity index is 577. The second kappa shape index (κ2) is 8.03. The van der Waals surface area contributed by atoms with Gasteiger partial charge in [0.2, 0.25) is 5.75 Å². The molecule has 3 nitrogen and oxygen atoms in total. The first-order chi connectivity index (χ1) is 11.4. The first-order valence-electron chi connectivity index (χ1n) is 9.32. The summed E-state index contributed by atoms with van der Waals surface area (Å²) in [6.07, 6.45) is 2.67. The maximum atomic E-state index is 6.39. The normalized spacial score (nSPS) is 12.9. The maximum Gasteiger partial charge on any atom is 0.204 e. The lowest BCUT2D eigenvalue weighted by molar-refractivity contribution is 0.0567. The van der Waals surface area contributed by atoms with Crippen LogP contribution in [0.15, 0.2) is 12.1 Å². The molecule has 1 aromatic carbocycles. The molecule has 0 fully saturated rings. The van der Waals surface area contributed by atoms with Crippen LogP contribution in [0.5, 0.6) is 17.2 Å². The van der Waals surface area contributed by atoms with Gasteiger partial charge >= 0.3 is 0 Å². The molecule has 3 radical (unpaired) electrons. The van der Waals surface area contributed by atoms with Gasteiger partial charge in [-0.15, -0.1) is 0 Å². The molecule has 0 atom stereocenters. The number of hydrogen-bond donors (Lipinski definition) is 0. The van der Waals surface area contributed by atoms with Gasteiger partial charge in [0.15, 0.2) is 11.5 Å². The van der Waals surface area contributed by atoms with Gasteiger partial charge in [0, 0.05) is 0 Å². The van der Waals surface area contributed by atoms with Crippen LogP contribution < -0.4 is 19.4 Å². The van der Waals surface area contributed by atoms with E-state index < -0.39 is 0 Å². The van der Waals surface area contributed by atoms with Crippen molar-refractivity contribution in [3.05, 3.63) is 12.1 Å². The zero-order valence-electron chi connectivity index (χ0n) is 17.5. The summed E-state index contributed by atoms with van der Waals surface area (Å²) >= 11 is 0. The van der Waals surface area contributed by atoms with Crippen molar-refractivity contribution < 1.29 is 14.2 Å². The third-order valence-corrected chi connectivity index (χ3v) is 5.17. The monoisotopic (exact) mass is 363 g/mol. The predicted molar refractivity (Wildman–Crippen MR) is 107 cm³/mol. The predicted octanol–water partition coefficient (Wildman–Crippen LogP) is 5.18. The Labute approximate surface area is 157 Å². The first-order valence-corrected chi connectivity index (χ1v) is 9.82. The molecule has 0 saturated carbocycles. The van der Waals surface area contributed by atoms with Gasteiger partial charge in [0.05, 0.1) is 10.2 Å². The summed E-state index contributed by atoms with van der Waals surface area (Å²) in [6.45, 7) is 18.8. The van der Waals surface area contributed by atoms with E-state index >= 15 is 0 Å². The summed E-state index contributed by atoms with van der Waals surface area (Å²) in [5, 5.41) is 0.866. The third-order valence-electron chi connectivity index (χ3n) is 4.77. The first kappa shape index (κ1) is 21.9. The van der Waals surface area contributed by atoms with Gasteiger partial charge in [-0.05, 0) is 72.1 Å². The Hall–Kier alpha value is -1.16. The van der Waals surface area contributed by atoms with Crippen LogP contribution in [0.4, 0.5) is 0 Å². The minimum Gasteiger partial charge on any atom is -0.484 e. The van der Waals surface area contributed by atoms with Gasteiger partial charge in [0.1, 0.15) is 16.8 Å². The van der Waals surface area contributed by atoms with Crippen LogP contribution >= 0.6 is 0 Å². The van der Waals surface area contributed by atoms with E-state index in [2.05, 4.69) is 72.6 Å². The third kappa shape index (κ3) is 6.25. The second-order valence-corrected chi connectivity index (χ2v) is 8.95. The molecule has 1 aromatic rings. The topological polar surface area (TPSA) is 27.7 Å². The smallest absolute Gasteiger partial charge is 0.204 e. The second-order valence-electron chi connectivity index (χ2n) is 8.42. The Balaban J connectivity index is 3.47. The van der Waals surface area contributed by atoms with Gasteiger partial charge in [-0.1, -0.05) is 26.8 Å². The van der Waals surface area contributed by atoms with E-state index in [0.29, 0.717) is 11.5 Å². The zero-order valence-corrected chi connectivity index (χ0v) is 18.5. The van der Waals surface area contributed by atoms with Crippen molar-refractivity contribution in [2.75, 3.05) is 0 Å². The van der Waals surface area contributed by atoms with Crippen LogP contribution in [-0.2, 0) is 0 Å². The van der Waals surface area contributed by atoms with Gasteiger partial charge < -0.3 is 14.2 Å². The molecule has 141 valence electrons. The fourth-order valence-electron chi connectivity index (χ4n) is 1.89.